The van der Waals surface area contributed by atoms with Gasteiger partial charge in [-0.3, -0.25) is 14.7 Å². The van der Waals surface area contributed by atoms with Crippen molar-refractivity contribution in [3.05, 3.63) is 69.2 Å². The minimum Gasteiger partial charge on any atom is -0.286 e. The van der Waals surface area contributed by atoms with Gasteiger partial charge in [-0.1, -0.05) is 41.0 Å². The van der Waals surface area contributed by atoms with E-state index in [1.807, 2.05) is 6.07 Å². The van der Waals surface area contributed by atoms with Gasteiger partial charge in [-0.2, -0.15) is 0 Å². The number of carbonyl (C=O) groups is 1. The number of hydrogen-bond acceptors (Lipinski definition) is 3. The number of amidine groups is 1. The van der Waals surface area contributed by atoms with E-state index in [2.05, 4.69) is 4.99 Å². The van der Waals surface area contributed by atoms with Gasteiger partial charge in [0.15, 0.2) is 16.8 Å². The average Bonchev–Trinajstić information content (AvgIpc) is 3.04. The van der Waals surface area contributed by atoms with Gasteiger partial charge in [0, 0.05) is 27.9 Å². The zero-order chi connectivity index (χ0) is 18.0. The maximum Gasteiger partial charge on any atom is 0.259 e. The summed E-state index contributed by atoms with van der Waals surface area (Å²) in [6, 6.07) is 8.31. The van der Waals surface area contributed by atoms with Gasteiger partial charge in [-0.25, -0.2) is 8.78 Å². The van der Waals surface area contributed by atoms with Gasteiger partial charge in [0.25, 0.3) is 5.91 Å². The van der Waals surface area contributed by atoms with Gasteiger partial charge in [0.2, 0.25) is 0 Å². The molecule has 0 saturated carbocycles. The summed E-state index contributed by atoms with van der Waals surface area (Å²) in [5.41, 5.74) is 0.949. The first-order valence-corrected chi connectivity index (χ1v) is 9.08. The third kappa shape index (κ3) is 4.14. The molecular formula is C17H12Cl2F2N2OS. The molecule has 1 heterocycles. The molecule has 1 aliphatic rings. The second kappa shape index (κ2) is 7.72. The van der Waals surface area contributed by atoms with Crippen LogP contribution in [0, 0.1) is 11.6 Å². The van der Waals surface area contributed by atoms with E-state index in [0.29, 0.717) is 34.1 Å². The lowest BCUT2D eigenvalue weighted by Crippen LogP contribution is -2.33. The molecule has 8 heteroatoms. The fourth-order valence-electron chi connectivity index (χ4n) is 2.30. The Morgan fingerprint density at radius 2 is 1.96 bits per heavy atom. The molecular weight excluding hydrogens is 389 g/mol. The monoisotopic (exact) mass is 400 g/mol. The standard InChI is InChI=1S/C17H12Cl2F2N2OS/c18-12-3-1-11(13(19)8-12)9-25-17-22-5-6-23(17)16(24)10-2-4-14(20)15(21)7-10/h1-4,7-8H,5-6,9H2. The highest BCUT2D eigenvalue weighted by Crippen LogP contribution is 2.27. The molecule has 0 aliphatic carbocycles. The summed E-state index contributed by atoms with van der Waals surface area (Å²) in [5, 5.41) is 1.62. The molecule has 2 aromatic carbocycles. The zero-order valence-electron chi connectivity index (χ0n) is 12.8. The molecule has 0 spiro atoms. The molecule has 0 atom stereocenters. The molecule has 25 heavy (non-hydrogen) atoms. The Morgan fingerprint density at radius 3 is 2.68 bits per heavy atom. The van der Waals surface area contributed by atoms with Crippen molar-refractivity contribution in [2.75, 3.05) is 13.1 Å². The molecule has 0 unspecified atom stereocenters. The van der Waals surface area contributed by atoms with E-state index in [-0.39, 0.29) is 5.56 Å². The average molecular weight is 401 g/mol. The number of benzene rings is 2. The first-order valence-electron chi connectivity index (χ1n) is 7.34. The van der Waals surface area contributed by atoms with E-state index < -0.39 is 17.5 Å². The molecule has 3 rings (SSSR count). The highest BCUT2D eigenvalue weighted by molar-refractivity contribution is 8.13. The molecule has 0 aromatic heterocycles. The molecule has 0 bridgehead atoms. The van der Waals surface area contributed by atoms with Gasteiger partial charge in [0.1, 0.15) is 0 Å². The summed E-state index contributed by atoms with van der Waals surface area (Å²) >= 11 is 13.4. The van der Waals surface area contributed by atoms with Gasteiger partial charge in [-0.05, 0) is 35.9 Å². The molecule has 1 aliphatic heterocycles. The Kier molecular flexibility index (Phi) is 5.61. The first-order chi connectivity index (χ1) is 12.0. The third-order valence-corrected chi connectivity index (χ3v) is 5.24. The number of halogens is 4. The van der Waals surface area contributed by atoms with Crippen LogP contribution in [0.25, 0.3) is 0 Å². The molecule has 3 nitrogen and oxygen atoms in total. The minimum atomic E-state index is -1.05. The molecule has 0 N–H and O–H groups in total. The fraction of sp³-hybridized carbons (Fsp3) is 0.176. The summed E-state index contributed by atoms with van der Waals surface area (Å²) < 4.78 is 26.4. The Hall–Kier alpha value is -1.63. The number of carbonyl (C=O) groups excluding carboxylic acids is 1. The van der Waals surface area contributed by atoms with E-state index in [0.717, 1.165) is 17.7 Å². The summed E-state index contributed by atoms with van der Waals surface area (Å²) in [7, 11) is 0. The summed E-state index contributed by atoms with van der Waals surface area (Å²) in [4.78, 5) is 18.3. The van der Waals surface area contributed by atoms with Crippen LogP contribution < -0.4 is 0 Å². The normalized spacial score (nSPS) is 13.9. The van der Waals surface area contributed by atoms with Crippen molar-refractivity contribution in [2.24, 2.45) is 4.99 Å². The molecule has 0 saturated heterocycles. The number of hydrogen-bond donors (Lipinski definition) is 0. The lowest BCUT2D eigenvalue weighted by atomic mass is 10.2. The fourth-order valence-corrected chi connectivity index (χ4v) is 3.91. The van der Waals surface area contributed by atoms with Crippen molar-refractivity contribution in [1.82, 2.24) is 4.90 Å². The van der Waals surface area contributed by atoms with Crippen LogP contribution >= 0.6 is 35.0 Å². The molecule has 1 amide bonds. The SMILES string of the molecule is O=C(c1ccc(F)c(F)c1)N1CCN=C1SCc1ccc(Cl)cc1Cl. The van der Waals surface area contributed by atoms with Crippen molar-refractivity contribution in [3.63, 3.8) is 0 Å². The second-order valence-corrected chi connectivity index (χ2v) is 7.06. The minimum absolute atomic E-state index is 0.0821. The smallest absolute Gasteiger partial charge is 0.259 e. The lowest BCUT2D eigenvalue weighted by Gasteiger charge is -2.18. The van der Waals surface area contributed by atoms with Crippen molar-refractivity contribution in [3.8, 4) is 0 Å². The Balaban J connectivity index is 1.71. The van der Waals surface area contributed by atoms with Crippen molar-refractivity contribution in [2.45, 2.75) is 5.75 Å². The Labute approximate surface area is 157 Å². The Morgan fingerprint density at radius 1 is 1.16 bits per heavy atom. The van der Waals surface area contributed by atoms with E-state index in [1.54, 1.807) is 12.1 Å². The van der Waals surface area contributed by atoms with Crippen LogP contribution in [-0.4, -0.2) is 29.1 Å². The van der Waals surface area contributed by atoms with Crippen LogP contribution in [0.3, 0.4) is 0 Å². The van der Waals surface area contributed by atoms with Crippen LogP contribution in [0.2, 0.25) is 10.0 Å². The van der Waals surface area contributed by atoms with Gasteiger partial charge < -0.3 is 0 Å². The van der Waals surface area contributed by atoms with Crippen LogP contribution in [0.1, 0.15) is 15.9 Å². The number of thioether (sulfide) groups is 1. The van der Waals surface area contributed by atoms with Crippen molar-refractivity contribution >= 4 is 46.0 Å². The number of aliphatic imine (C=N–C) groups is 1. The maximum atomic E-state index is 13.4. The lowest BCUT2D eigenvalue weighted by molar-refractivity contribution is 0.0860. The highest BCUT2D eigenvalue weighted by Gasteiger charge is 2.26. The highest BCUT2D eigenvalue weighted by atomic mass is 35.5. The van der Waals surface area contributed by atoms with Gasteiger partial charge >= 0.3 is 0 Å². The molecule has 130 valence electrons. The van der Waals surface area contributed by atoms with Gasteiger partial charge in [-0.15, -0.1) is 0 Å². The van der Waals surface area contributed by atoms with E-state index in [1.165, 1.54) is 22.7 Å². The molecule has 0 fully saturated rings. The van der Waals surface area contributed by atoms with Crippen LogP contribution in [-0.2, 0) is 5.75 Å². The quantitative estimate of drug-likeness (QED) is 0.724. The second-order valence-electron chi connectivity index (χ2n) is 5.27. The summed E-state index contributed by atoms with van der Waals surface area (Å²) in [5.74, 6) is -1.94. The topological polar surface area (TPSA) is 32.7 Å². The third-order valence-electron chi connectivity index (χ3n) is 3.59. The number of rotatable bonds is 3. The molecule has 2 aromatic rings. The number of amides is 1. The summed E-state index contributed by atoms with van der Waals surface area (Å²) in [6.07, 6.45) is 0. The largest absolute Gasteiger partial charge is 0.286 e. The van der Waals surface area contributed by atoms with E-state index in [9.17, 15) is 13.6 Å². The predicted molar refractivity (Wildman–Crippen MR) is 97.5 cm³/mol. The van der Waals surface area contributed by atoms with E-state index >= 15 is 0 Å². The van der Waals surface area contributed by atoms with Gasteiger partial charge in [0.05, 0.1) is 6.54 Å². The van der Waals surface area contributed by atoms with Crippen LogP contribution in [0.15, 0.2) is 41.4 Å². The maximum absolute atomic E-state index is 13.4. The van der Waals surface area contributed by atoms with Crippen molar-refractivity contribution < 1.29 is 13.6 Å². The van der Waals surface area contributed by atoms with Crippen LogP contribution in [0.4, 0.5) is 8.78 Å². The number of nitrogens with zero attached hydrogens (tertiary/aromatic N) is 2. The Bertz CT molecular complexity index is 861. The predicted octanol–water partition coefficient (Wildman–Crippen LogP) is 5.02. The van der Waals surface area contributed by atoms with E-state index in [4.69, 9.17) is 23.2 Å². The van der Waals surface area contributed by atoms with Crippen LogP contribution in [0.5, 0.6) is 0 Å². The molecule has 0 radical (unpaired) electrons. The van der Waals surface area contributed by atoms with Crippen molar-refractivity contribution in [1.29, 1.82) is 0 Å². The summed E-state index contributed by atoms with van der Waals surface area (Å²) in [6.45, 7) is 0.862. The first kappa shape index (κ1) is 18.2. The zero-order valence-corrected chi connectivity index (χ0v) is 15.1.